The van der Waals surface area contributed by atoms with E-state index in [9.17, 15) is 0 Å². The van der Waals surface area contributed by atoms with Crippen LogP contribution in [-0.2, 0) is 0 Å². The molecular weight excluding hydrogens is 158 g/mol. The molecule has 0 spiro atoms. The minimum atomic E-state index is 0.360. The maximum atomic E-state index is 4.30. The summed E-state index contributed by atoms with van der Waals surface area (Å²) in [5.41, 5.74) is 2.25. The summed E-state index contributed by atoms with van der Waals surface area (Å²) in [6.07, 6.45) is 3.94. The van der Waals surface area contributed by atoms with Crippen molar-refractivity contribution < 1.29 is 0 Å². The lowest BCUT2D eigenvalue weighted by atomic mass is 9.89. The van der Waals surface area contributed by atoms with Gasteiger partial charge >= 0.3 is 0 Å². The molecule has 0 heterocycles. The van der Waals surface area contributed by atoms with Gasteiger partial charge in [-0.1, -0.05) is 33.9 Å². The largest absolute Gasteiger partial charge is 0.259 e. The van der Waals surface area contributed by atoms with Crippen LogP contribution >= 0.6 is 0 Å². The van der Waals surface area contributed by atoms with Crippen LogP contribution in [-0.4, -0.2) is 5.71 Å². The highest BCUT2D eigenvalue weighted by Crippen LogP contribution is 2.21. The monoisotopic (exact) mass is 179 g/mol. The van der Waals surface area contributed by atoms with Crippen LogP contribution in [0.15, 0.2) is 29.9 Å². The number of aliphatic imine (C=N–C) groups is 1. The molecular formula is C12H21N. The fourth-order valence-electron chi connectivity index (χ4n) is 0.952. The number of hydrogen-bond donors (Lipinski definition) is 0. The van der Waals surface area contributed by atoms with Crippen LogP contribution in [0.1, 0.15) is 40.5 Å². The van der Waals surface area contributed by atoms with E-state index >= 15 is 0 Å². The molecule has 0 rings (SSSR count). The zero-order valence-corrected chi connectivity index (χ0v) is 9.35. The van der Waals surface area contributed by atoms with E-state index in [1.807, 2.05) is 13.0 Å². The first-order valence-corrected chi connectivity index (χ1v) is 4.70. The molecule has 0 radical (unpaired) electrons. The Kier molecular flexibility index (Phi) is 4.68. The third-order valence-electron chi connectivity index (χ3n) is 1.70. The van der Waals surface area contributed by atoms with E-state index in [0.717, 1.165) is 24.3 Å². The van der Waals surface area contributed by atoms with Gasteiger partial charge in [0.2, 0.25) is 0 Å². The topological polar surface area (TPSA) is 12.4 Å². The van der Waals surface area contributed by atoms with Crippen LogP contribution in [0.5, 0.6) is 0 Å². The smallest absolute Gasteiger partial charge is 0.0400 e. The quantitative estimate of drug-likeness (QED) is 0.579. The van der Waals surface area contributed by atoms with Gasteiger partial charge < -0.3 is 0 Å². The van der Waals surface area contributed by atoms with Crippen molar-refractivity contribution >= 4 is 5.71 Å². The summed E-state index contributed by atoms with van der Waals surface area (Å²) in [6.45, 7) is 16.1. The Hall–Kier alpha value is -0.850. The molecule has 0 aliphatic carbocycles. The highest BCUT2D eigenvalue weighted by Gasteiger charge is 2.10. The van der Waals surface area contributed by atoms with Crippen molar-refractivity contribution in [3.63, 3.8) is 0 Å². The molecule has 0 aromatic heterocycles. The molecule has 0 aromatic carbocycles. The lowest BCUT2D eigenvalue weighted by molar-refractivity contribution is 0.386. The van der Waals surface area contributed by atoms with Gasteiger partial charge in [0.15, 0.2) is 0 Å². The molecule has 13 heavy (non-hydrogen) atoms. The molecule has 0 amide bonds. The molecule has 0 aliphatic heterocycles. The molecule has 74 valence electrons. The fraction of sp³-hybridized carbons (Fsp3) is 0.583. The first-order chi connectivity index (χ1) is 5.85. The van der Waals surface area contributed by atoms with Crippen molar-refractivity contribution in [2.24, 2.45) is 10.4 Å². The van der Waals surface area contributed by atoms with Gasteiger partial charge in [-0.2, -0.15) is 0 Å². The average molecular weight is 179 g/mol. The van der Waals surface area contributed by atoms with Gasteiger partial charge in [0, 0.05) is 11.4 Å². The number of hydrogen-bond acceptors (Lipinski definition) is 1. The second-order valence-electron chi connectivity index (χ2n) is 4.60. The number of allylic oxidation sites excluding steroid dienone is 2. The van der Waals surface area contributed by atoms with Crippen LogP contribution in [0.25, 0.3) is 0 Å². The Morgan fingerprint density at radius 1 is 1.38 bits per heavy atom. The predicted molar refractivity (Wildman–Crippen MR) is 61.1 cm³/mol. The molecule has 0 atom stereocenters. The van der Waals surface area contributed by atoms with E-state index in [1.54, 1.807) is 0 Å². The average Bonchev–Trinajstić information content (AvgIpc) is 1.95. The molecule has 1 heteroatoms. The van der Waals surface area contributed by atoms with Crippen molar-refractivity contribution in [3.05, 3.63) is 24.9 Å². The first-order valence-electron chi connectivity index (χ1n) is 4.70. The van der Waals surface area contributed by atoms with E-state index in [0.29, 0.717) is 5.41 Å². The van der Waals surface area contributed by atoms with Crippen molar-refractivity contribution in [3.8, 4) is 0 Å². The van der Waals surface area contributed by atoms with Crippen molar-refractivity contribution in [2.75, 3.05) is 0 Å². The van der Waals surface area contributed by atoms with Gasteiger partial charge in [0.1, 0.15) is 0 Å². The van der Waals surface area contributed by atoms with Gasteiger partial charge in [0.25, 0.3) is 0 Å². The Labute approximate surface area is 82.3 Å². The van der Waals surface area contributed by atoms with Crippen molar-refractivity contribution in [1.82, 2.24) is 0 Å². The molecule has 0 unspecified atom stereocenters. The van der Waals surface area contributed by atoms with E-state index in [2.05, 4.69) is 38.9 Å². The first kappa shape index (κ1) is 12.2. The van der Waals surface area contributed by atoms with E-state index in [4.69, 9.17) is 0 Å². The van der Waals surface area contributed by atoms with Gasteiger partial charge in [0.05, 0.1) is 0 Å². The SMILES string of the molecule is C=CC(CCC(C)(C)C)=NC(=C)C. The Bertz CT molecular complexity index is 216. The minimum Gasteiger partial charge on any atom is -0.259 e. The Morgan fingerprint density at radius 2 is 1.92 bits per heavy atom. The van der Waals surface area contributed by atoms with Crippen molar-refractivity contribution in [1.29, 1.82) is 0 Å². The molecule has 0 fully saturated rings. The zero-order valence-electron chi connectivity index (χ0n) is 9.35. The third-order valence-corrected chi connectivity index (χ3v) is 1.70. The second-order valence-corrected chi connectivity index (χ2v) is 4.60. The van der Waals surface area contributed by atoms with Crippen LogP contribution in [0.4, 0.5) is 0 Å². The molecule has 0 saturated heterocycles. The highest BCUT2D eigenvalue weighted by molar-refractivity contribution is 5.95. The number of nitrogens with zero attached hydrogens (tertiary/aromatic N) is 1. The standard InChI is InChI=1S/C12H21N/c1-7-11(13-10(2)3)8-9-12(4,5)6/h7H,1-2,8-9H2,3-6H3. The van der Waals surface area contributed by atoms with Crippen LogP contribution in [0.2, 0.25) is 0 Å². The van der Waals surface area contributed by atoms with Gasteiger partial charge in [-0.15, -0.1) is 0 Å². The molecule has 0 aliphatic rings. The van der Waals surface area contributed by atoms with Crippen LogP contribution < -0.4 is 0 Å². The van der Waals surface area contributed by atoms with Gasteiger partial charge in [-0.3, -0.25) is 4.99 Å². The summed E-state index contributed by atoms with van der Waals surface area (Å²) < 4.78 is 0. The summed E-state index contributed by atoms with van der Waals surface area (Å²) in [6, 6.07) is 0. The van der Waals surface area contributed by atoms with E-state index in [-0.39, 0.29) is 0 Å². The van der Waals surface area contributed by atoms with E-state index in [1.165, 1.54) is 0 Å². The Balaban J connectivity index is 4.16. The van der Waals surface area contributed by atoms with Crippen LogP contribution in [0.3, 0.4) is 0 Å². The normalized spacial score (nSPS) is 12.8. The summed E-state index contributed by atoms with van der Waals surface area (Å²) in [5, 5.41) is 0. The minimum absolute atomic E-state index is 0.360. The summed E-state index contributed by atoms with van der Waals surface area (Å²) in [7, 11) is 0. The second kappa shape index (κ2) is 5.00. The highest BCUT2D eigenvalue weighted by atomic mass is 14.7. The fourth-order valence-corrected chi connectivity index (χ4v) is 0.952. The van der Waals surface area contributed by atoms with Gasteiger partial charge in [-0.25, -0.2) is 0 Å². The summed E-state index contributed by atoms with van der Waals surface area (Å²) in [4.78, 5) is 4.30. The molecule has 0 N–H and O–H groups in total. The Morgan fingerprint density at radius 3 is 2.23 bits per heavy atom. The molecule has 0 aromatic rings. The molecule has 0 bridgehead atoms. The molecule has 1 nitrogen and oxygen atoms in total. The van der Waals surface area contributed by atoms with Gasteiger partial charge in [-0.05, 0) is 31.3 Å². The lowest BCUT2D eigenvalue weighted by Crippen LogP contribution is -2.07. The maximum Gasteiger partial charge on any atom is 0.0400 e. The molecule has 0 saturated carbocycles. The van der Waals surface area contributed by atoms with E-state index < -0.39 is 0 Å². The third kappa shape index (κ3) is 7.51. The van der Waals surface area contributed by atoms with Crippen molar-refractivity contribution in [2.45, 2.75) is 40.5 Å². The lowest BCUT2D eigenvalue weighted by Gasteiger charge is -2.17. The summed E-state index contributed by atoms with van der Waals surface area (Å²) >= 11 is 0. The maximum absolute atomic E-state index is 4.30. The summed E-state index contributed by atoms with van der Waals surface area (Å²) in [5.74, 6) is 0. The zero-order chi connectivity index (χ0) is 10.5. The predicted octanol–water partition coefficient (Wildman–Crippen LogP) is 3.97. The van der Waals surface area contributed by atoms with Crippen LogP contribution in [0, 0.1) is 5.41 Å². The number of rotatable bonds is 4.